The first-order valence-corrected chi connectivity index (χ1v) is 9.74. The van der Waals surface area contributed by atoms with Gasteiger partial charge >= 0.3 is 0 Å². The summed E-state index contributed by atoms with van der Waals surface area (Å²) in [7, 11) is 0. The molecule has 2 aromatic carbocycles. The number of anilines is 2. The zero-order chi connectivity index (χ0) is 18.7. The van der Waals surface area contributed by atoms with E-state index in [0.29, 0.717) is 17.1 Å². The van der Waals surface area contributed by atoms with Gasteiger partial charge in [-0.1, -0.05) is 17.4 Å². The van der Waals surface area contributed by atoms with Crippen molar-refractivity contribution in [1.82, 2.24) is 4.98 Å². The first kappa shape index (κ1) is 16.6. The fourth-order valence-corrected chi connectivity index (χ4v) is 4.61. The van der Waals surface area contributed by atoms with Crippen molar-refractivity contribution in [3.05, 3.63) is 41.2 Å². The van der Waals surface area contributed by atoms with Crippen LogP contribution in [0.1, 0.15) is 17.5 Å². The highest BCUT2D eigenvalue weighted by Gasteiger charge is 2.43. The number of aromatic nitrogens is 1. The zero-order valence-corrected chi connectivity index (χ0v) is 15.4. The van der Waals surface area contributed by atoms with E-state index in [1.165, 1.54) is 11.3 Å². The lowest BCUT2D eigenvalue weighted by atomic mass is 9.93. The third-order valence-corrected chi connectivity index (χ3v) is 6.21. The van der Waals surface area contributed by atoms with Crippen molar-refractivity contribution >= 4 is 38.3 Å². The molecule has 1 aromatic heterocycles. The number of alkyl halides is 1. The summed E-state index contributed by atoms with van der Waals surface area (Å²) in [5.74, 6) is -1.08. The van der Waals surface area contributed by atoms with Crippen LogP contribution in [-0.4, -0.2) is 23.6 Å². The molecule has 7 heteroatoms. The van der Waals surface area contributed by atoms with Crippen molar-refractivity contribution in [2.24, 2.45) is 5.92 Å². The molecular weight excluding hydrogens is 368 g/mol. The largest absolute Gasteiger partial charge is 0.384 e. The van der Waals surface area contributed by atoms with Crippen LogP contribution in [0.3, 0.4) is 0 Å². The molecular formula is C20H17F2N3OS. The van der Waals surface area contributed by atoms with Gasteiger partial charge in [0.05, 0.1) is 16.1 Å². The van der Waals surface area contributed by atoms with E-state index in [-0.39, 0.29) is 11.7 Å². The maximum Gasteiger partial charge on any atom is 0.232 e. The molecule has 2 heterocycles. The molecule has 0 bridgehead atoms. The smallest absolute Gasteiger partial charge is 0.232 e. The Bertz CT molecular complexity index is 1090. The average Bonchev–Trinajstić information content (AvgIpc) is 3.02. The van der Waals surface area contributed by atoms with Crippen LogP contribution in [0.5, 0.6) is 0 Å². The highest BCUT2D eigenvalue weighted by molar-refractivity contribution is 7.22. The molecule has 1 saturated carbocycles. The van der Waals surface area contributed by atoms with Gasteiger partial charge in [0.1, 0.15) is 12.0 Å². The van der Waals surface area contributed by atoms with Crippen molar-refractivity contribution in [2.45, 2.75) is 25.9 Å². The number of fused-ring (bicyclic) bond motifs is 2. The second-order valence-corrected chi connectivity index (χ2v) is 8.14. The van der Waals surface area contributed by atoms with Gasteiger partial charge in [0.2, 0.25) is 5.91 Å². The van der Waals surface area contributed by atoms with Crippen LogP contribution in [0, 0.1) is 18.7 Å². The fraction of sp³-hybridized carbons (Fsp3) is 0.300. The number of hydrogen-bond donors (Lipinski definition) is 2. The lowest BCUT2D eigenvalue weighted by Gasteiger charge is -2.13. The highest BCUT2D eigenvalue weighted by atomic mass is 32.1. The monoisotopic (exact) mass is 385 g/mol. The molecule has 2 N–H and O–H groups in total. The molecule has 27 heavy (non-hydrogen) atoms. The Morgan fingerprint density at radius 2 is 2.19 bits per heavy atom. The zero-order valence-electron chi connectivity index (χ0n) is 14.6. The molecule has 4 nitrogen and oxygen atoms in total. The van der Waals surface area contributed by atoms with Gasteiger partial charge < -0.3 is 10.6 Å². The molecule has 0 saturated heterocycles. The molecule has 3 aromatic rings. The normalized spacial score (nSPS) is 20.4. The van der Waals surface area contributed by atoms with Crippen LogP contribution in [0.15, 0.2) is 24.3 Å². The van der Waals surface area contributed by atoms with Crippen LogP contribution >= 0.6 is 11.3 Å². The lowest BCUT2D eigenvalue weighted by molar-refractivity contribution is -0.117. The maximum absolute atomic E-state index is 14.4. The van der Waals surface area contributed by atoms with E-state index in [1.54, 1.807) is 13.0 Å². The van der Waals surface area contributed by atoms with E-state index in [2.05, 4.69) is 15.6 Å². The predicted molar refractivity (Wildman–Crippen MR) is 104 cm³/mol. The third kappa shape index (κ3) is 2.77. The highest BCUT2D eigenvalue weighted by Crippen LogP contribution is 2.40. The molecule has 1 amide bonds. The van der Waals surface area contributed by atoms with Gasteiger partial charge in [0.15, 0.2) is 5.13 Å². The lowest BCUT2D eigenvalue weighted by Crippen LogP contribution is -2.14. The summed E-state index contributed by atoms with van der Waals surface area (Å²) >= 11 is 1.35. The van der Waals surface area contributed by atoms with Crippen molar-refractivity contribution in [1.29, 1.82) is 0 Å². The van der Waals surface area contributed by atoms with E-state index >= 15 is 0 Å². The standard InChI is InChI=1S/C20H17F2N3OS/c1-9-13(21)8-16-11(4-5-23-16)18(9)10-2-3-15-17(6-10)27-20(24-15)25-19(26)12-7-14(12)22/h2-3,6,8,12,14,23H,4-5,7H2,1H3,(H,24,25,26). The summed E-state index contributed by atoms with van der Waals surface area (Å²) in [6.45, 7) is 2.61. The van der Waals surface area contributed by atoms with Gasteiger partial charge in [0.25, 0.3) is 0 Å². The van der Waals surface area contributed by atoms with E-state index in [4.69, 9.17) is 0 Å². The van der Waals surface area contributed by atoms with Crippen molar-refractivity contribution < 1.29 is 13.6 Å². The Morgan fingerprint density at radius 3 is 2.96 bits per heavy atom. The third-order valence-electron chi connectivity index (χ3n) is 5.28. The Labute approximate surface area is 158 Å². The van der Waals surface area contributed by atoms with Crippen LogP contribution < -0.4 is 10.6 Å². The molecule has 0 spiro atoms. The number of amides is 1. The number of benzene rings is 2. The van der Waals surface area contributed by atoms with Gasteiger partial charge in [0, 0.05) is 12.2 Å². The predicted octanol–water partition coefficient (Wildman–Crippen LogP) is 4.68. The summed E-state index contributed by atoms with van der Waals surface area (Å²) in [4.78, 5) is 16.3. The first-order valence-electron chi connectivity index (χ1n) is 8.93. The topological polar surface area (TPSA) is 54.0 Å². The maximum atomic E-state index is 14.4. The molecule has 5 rings (SSSR count). The van der Waals surface area contributed by atoms with Gasteiger partial charge in [-0.3, -0.25) is 4.79 Å². The van der Waals surface area contributed by atoms with E-state index in [0.717, 1.165) is 45.6 Å². The second kappa shape index (κ2) is 5.99. The SMILES string of the molecule is Cc1c(F)cc2c(c1-c1ccc3nc(NC(=O)C4CC4F)sc3c1)CCN2. The summed E-state index contributed by atoms with van der Waals surface area (Å²) in [5, 5.41) is 6.40. The summed E-state index contributed by atoms with van der Waals surface area (Å²) in [5.41, 5.74) is 5.25. The molecule has 2 atom stereocenters. The minimum absolute atomic E-state index is 0.222. The Hall–Kier alpha value is -2.54. The van der Waals surface area contributed by atoms with E-state index in [1.807, 2.05) is 18.2 Å². The fourth-order valence-electron chi connectivity index (χ4n) is 3.70. The molecule has 1 aliphatic heterocycles. The minimum atomic E-state index is -1.03. The molecule has 1 fully saturated rings. The average molecular weight is 385 g/mol. The van der Waals surface area contributed by atoms with Gasteiger partial charge in [-0.2, -0.15) is 0 Å². The van der Waals surface area contributed by atoms with Crippen LogP contribution in [0.25, 0.3) is 21.3 Å². The number of nitrogens with zero attached hydrogens (tertiary/aromatic N) is 1. The summed E-state index contributed by atoms with van der Waals surface area (Å²) in [6, 6.07) is 7.37. The van der Waals surface area contributed by atoms with Gasteiger partial charge in [-0.25, -0.2) is 13.8 Å². The summed E-state index contributed by atoms with van der Waals surface area (Å²) in [6.07, 6.45) is 0.121. The molecule has 0 radical (unpaired) electrons. The van der Waals surface area contributed by atoms with Crippen molar-refractivity contribution in [3.8, 4) is 11.1 Å². The van der Waals surface area contributed by atoms with Crippen LogP contribution in [-0.2, 0) is 11.2 Å². The summed E-state index contributed by atoms with van der Waals surface area (Å²) < 4.78 is 28.3. The number of carbonyl (C=O) groups excluding carboxylic acids is 1. The molecule has 2 unspecified atom stereocenters. The molecule has 2 aliphatic rings. The second-order valence-electron chi connectivity index (χ2n) is 7.11. The van der Waals surface area contributed by atoms with Crippen molar-refractivity contribution in [2.75, 3.05) is 17.2 Å². The number of hydrogen-bond acceptors (Lipinski definition) is 4. The number of thiazole rings is 1. The van der Waals surface area contributed by atoms with Gasteiger partial charge in [-0.15, -0.1) is 0 Å². The van der Waals surface area contributed by atoms with Gasteiger partial charge in [-0.05, 0) is 60.2 Å². The Kier molecular flexibility index (Phi) is 3.69. The number of nitrogens with one attached hydrogen (secondary N) is 2. The number of rotatable bonds is 3. The van der Waals surface area contributed by atoms with E-state index < -0.39 is 12.1 Å². The van der Waals surface area contributed by atoms with E-state index in [9.17, 15) is 13.6 Å². The number of halogens is 2. The van der Waals surface area contributed by atoms with Crippen molar-refractivity contribution in [3.63, 3.8) is 0 Å². The minimum Gasteiger partial charge on any atom is -0.384 e. The Morgan fingerprint density at radius 1 is 1.37 bits per heavy atom. The molecule has 138 valence electrons. The van der Waals surface area contributed by atoms with Crippen LogP contribution in [0.2, 0.25) is 0 Å². The Balaban J connectivity index is 1.53. The quantitative estimate of drug-likeness (QED) is 0.689. The first-order chi connectivity index (χ1) is 13.0. The molecule has 1 aliphatic carbocycles. The number of carbonyl (C=O) groups is 1. The van der Waals surface area contributed by atoms with Crippen LogP contribution in [0.4, 0.5) is 19.6 Å².